The summed E-state index contributed by atoms with van der Waals surface area (Å²) in [5.41, 5.74) is 3.47. The molecule has 28 heavy (non-hydrogen) atoms. The van der Waals surface area contributed by atoms with Gasteiger partial charge in [0.05, 0.1) is 0 Å². The molecule has 0 unspecified atom stereocenters. The van der Waals surface area contributed by atoms with Crippen molar-refractivity contribution in [3.63, 3.8) is 0 Å². The summed E-state index contributed by atoms with van der Waals surface area (Å²) >= 11 is 1.69. The smallest absolute Gasteiger partial charge is 0.132 e. The fraction of sp³-hybridized carbons (Fsp3) is 0.174. The molecule has 0 atom stereocenters. The van der Waals surface area contributed by atoms with Crippen LogP contribution < -0.4 is 10.1 Å². The molecule has 4 aromatic rings. The third kappa shape index (κ3) is 4.15. The van der Waals surface area contributed by atoms with Crippen molar-refractivity contribution in [3.8, 4) is 16.2 Å². The van der Waals surface area contributed by atoms with Crippen molar-refractivity contribution in [1.29, 1.82) is 0 Å². The molecule has 0 saturated heterocycles. The highest BCUT2D eigenvalue weighted by Crippen LogP contribution is 2.33. The van der Waals surface area contributed by atoms with E-state index in [1.165, 1.54) is 16.0 Å². The number of aryl methyl sites for hydroxylation is 1. The van der Waals surface area contributed by atoms with Gasteiger partial charge in [0.25, 0.3) is 0 Å². The average molecular weight is 392 g/mol. The minimum Gasteiger partial charge on any atom is -0.491 e. The second-order valence-corrected chi connectivity index (χ2v) is 7.47. The van der Waals surface area contributed by atoms with Gasteiger partial charge in [0.15, 0.2) is 0 Å². The number of halogens is 1. The highest BCUT2D eigenvalue weighted by atomic mass is 32.1. The number of nitrogens with one attached hydrogen (secondary N) is 1. The van der Waals surface area contributed by atoms with E-state index in [0.717, 1.165) is 28.1 Å². The summed E-state index contributed by atoms with van der Waals surface area (Å²) in [7, 11) is 0. The van der Waals surface area contributed by atoms with Crippen LogP contribution in [0.1, 0.15) is 12.5 Å². The first-order chi connectivity index (χ1) is 13.7. The fourth-order valence-electron chi connectivity index (χ4n) is 2.97. The number of alkyl halides is 1. The molecule has 0 aliphatic heterocycles. The number of ether oxygens (including phenoxy) is 1. The van der Waals surface area contributed by atoms with Gasteiger partial charge in [-0.25, -0.2) is 9.37 Å². The Morgan fingerprint density at radius 2 is 1.79 bits per heavy atom. The zero-order valence-corrected chi connectivity index (χ0v) is 16.4. The van der Waals surface area contributed by atoms with Crippen LogP contribution in [0.5, 0.6) is 5.75 Å². The van der Waals surface area contributed by atoms with Gasteiger partial charge in [-0.3, -0.25) is 0 Å². The molecule has 4 rings (SSSR count). The van der Waals surface area contributed by atoms with Crippen molar-refractivity contribution in [1.82, 2.24) is 4.98 Å². The topological polar surface area (TPSA) is 34.1 Å². The van der Waals surface area contributed by atoms with Gasteiger partial charge in [-0.05, 0) is 60.0 Å². The van der Waals surface area contributed by atoms with Crippen molar-refractivity contribution in [3.05, 3.63) is 72.3 Å². The van der Waals surface area contributed by atoms with Gasteiger partial charge in [0.1, 0.15) is 29.7 Å². The summed E-state index contributed by atoms with van der Waals surface area (Å²) in [6.45, 7) is 1.75. The molecule has 1 N–H and O–H groups in total. The van der Waals surface area contributed by atoms with Gasteiger partial charge in [-0.15, -0.1) is 11.3 Å². The van der Waals surface area contributed by atoms with Crippen molar-refractivity contribution < 1.29 is 9.13 Å². The van der Waals surface area contributed by atoms with E-state index >= 15 is 0 Å². The molecule has 0 bridgehead atoms. The van der Waals surface area contributed by atoms with Gasteiger partial charge >= 0.3 is 0 Å². The second-order valence-electron chi connectivity index (χ2n) is 6.44. The number of nitrogens with zero attached hydrogens (tertiary/aromatic N) is 1. The summed E-state index contributed by atoms with van der Waals surface area (Å²) in [5, 5.41) is 4.45. The molecule has 3 nitrogen and oxygen atoms in total. The predicted molar refractivity (Wildman–Crippen MR) is 116 cm³/mol. The lowest BCUT2D eigenvalue weighted by molar-refractivity contribution is 0.273. The van der Waals surface area contributed by atoms with E-state index in [1.54, 1.807) is 11.3 Å². The van der Waals surface area contributed by atoms with E-state index in [0.29, 0.717) is 5.75 Å². The number of thiophene rings is 1. The van der Waals surface area contributed by atoms with Gasteiger partial charge in [-0.1, -0.05) is 31.2 Å². The minimum atomic E-state index is -0.491. The predicted octanol–water partition coefficient (Wildman–Crippen LogP) is 6.62. The van der Waals surface area contributed by atoms with E-state index in [-0.39, 0.29) is 6.61 Å². The Morgan fingerprint density at radius 3 is 2.50 bits per heavy atom. The van der Waals surface area contributed by atoms with Crippen LogP contribution >= 0.6 is 11.3 Å². The zero-order valence-electron chi connectivity index (χ0n) is 15.6. The van der Waals surface area contributed by atoms with Crippen molar-refractivity contribution in [2.45, 2.75) is 13.3 Å². The molecular weight excluding hydrogens is 371 g/mol. The van der Waals surface area contributed by atoms with Crippen LogP contribution in [0.25, 0.3) is 20.7 Å². The SMILES string of the molecule is CCc1ccc(-c2cc3ccc(Nc4ccc(OCCF)cc4)nc3s2)cc1. The normalized spacial score (nSPS) is 10.9. The standard InChI is InChI=1S/C23H21FN2OS/c1-2-16-3-5-17(6-4-16)21-15-18-7-12-22(26-23(18)28-21)25-19-8-10-20(11-9-19)27-14-13-24/h3-12,15H,2,13-14H2,1H3,(H,25,26). The number of anilines is 2. The first-order valence-corrected chi connectivity index (χ1v) is 10.1. The zero-order chi connectivity index (χ0) is 19.3. The molecule has 0 aliphatic carbocycles. The Morgan fingerprint density at radius 1 is 1.00 bits per heavy atom. The largest absolute Gasteiger partial charge is 0.491 e. The lowest BCUT2D eigenvalue weighted by Crippen LogP contribution is -1.98. The van der Waals surface area contributed by atoms with Crippen LogP contribution in [-0.2, 0) is 6.42 Å². The highest BCUT2D eigenvalue weighted by molar-refractivity contribution is 7.21. The second kappa shape index (κ2) is 8.40. The molecule has 0 radical (unpaired) electrons. The summed E-state index contributed by atoms with van der Waals surface area (Å²) in [4.78, 5) is 6.97. The van der Waals surface area contributed by atoms with Gasteiger partial charge in [-0.2, -0.15) is 0 Å². The molecule has 2 heterocycles. The molecule has 2 aromatic carbocycles. The van der Waals surface area contributed by atoms with Crippen LogP contribution in [-0.4, -0.2) is 18.3 Å². The first kappa shape index (κ1) is 18.4. The van der Waals surface area contributed by atoms with E-state index in [2.05, 4.69) is 48.6 Å². The quantitative estimate of drug-likeness (QED) is 0.384. The van der Waals surface area contributed by atoms with Crippen LogP contribution in [0, 0.1) is 0 Å². The third-order valence-corrected chi connectivity index (χ3v) is 5.60. The lowest BCUT2D eigenvalue weighted by Gasteiger charge is -2.07. The van der Waals surface area contributed by atoms with Crippen LogP contribution in [0.2, 0.25) is 0 Å². The molecule has 0 fully saturated rings. The van der Waals surface area contributed by atoms with E-state index in [4.69, 9.17) is 9.72 Å². The number of hydrogen-bond donors (Lipinski definition) is 1. The Bertz CT molecular complexity index is 1060. The first-order valence-electron chi connectivity index (χ1n) is 9.31. The Labute approximate surface area is 167 Å². The number of benzene rings is 2. The summed E-state index contributed by atoms with van der Waals surface area (Å²) in [6, 6.07) is 22.4. The highest BCUT2D eigenvalue weighted by Gasteiger charge is 2.07. The number of fused-ring (bicyclic) bond motifs is 1. The van der Waals surface area contributed by atoms with Gasteiger partial charge < -0.3 is 10.1 Å². The number of pyridine rings is 1. The Hall–Kier alpha value is -2.92. The molecule has 5 heteroatoms. The Balaban J connectivity index is 1.52. The fourth-order valence-corrected chi connectivity index (χ4v) is 4.01. The van der Waals surface area contributed by atoms with Crippen molar-refractivity contribution in [2.75, 3.05) is 18.6 Å². The molecule has 0 aliphatic rings. The molecule has 0 spiro atoms. The third-order valence-electron chi connectivity index (χ3n) is 4.50. The van der Waals surface area contributed by atoms with Gasteiger partial charge in [0, 0.05) is 16.0 Å². The maximum Gasteiger partial charge on any atom is 0.132 e. The minimum absolute atomic E-state index is 0.0763. The summed E-state index contributed by atoms with van der Waals surface area (Å²) in [5.74, 6) is 1.45. The van der Waals surface area contributed by atoms with Crippen molar-refractivity contribution >= 4 is 33.1 Å². The molecular formula is C23H21FN2OS. The maximum atomic E-state index is 12.2. The van der Waals surface area contributed by atoms with Crippen molar-refractivity contribution in [2.24, 2.45) is 0 Å². The average Bonchev–Trinajstić information content (AvgIpc) is 3.17. The number of hydrogen-bond acceptors (Lipinski definition) is 4. The van der Waals surface area contributed by atoms with E-state index < -0.39 is 6.67 Å². The maximum absolute atomic E-state index is 12.2. The van der Waals surface area contributed by atoms with Gasteiger partial charge in [0.2, 0.25) is 0 Å². The van der Waals surface area contributed by atoms with E-state index in [1.807, 2.05) is 30.3 Å². The van der Waals surface area contributed by atoms with E-state index in [9.17, 15) is 4.39 Å². The van der Waals surface area contributed by atoms with Crippen LogP contribution in [0.15, 0.2) is 66.7 Å². The number of rotatable bonds is 7. The Kier molecular flexibility index (Phi) is 5.53. The molecule has 2 aromatic heterocycles. The van der Waals surface area contributed by atoms with Crippen LogP contribution in [0.3, 0.4) is 0 Å². The van der Waals surface area contributed by atoms with Crippen LogP contribution in [0.4, 0.5) is 15.9 Å². The molecule has 0 saturated carbocycles. The summed E-state index contributed by atoms with van der Waals surface area (Å²) in [6.07, 6.45) is 1.05. The molecule has 142 valence electrons. The summed E-state index contributed by atoms with van der Waals surface area (Å²) < 4.78 is 17.4. The molecule has 0 amide bonds. The lowest BCUT2D eigenvalue weighted by atomic mass is 10.1. The monoisotopic (exact) mass is 392 g/mol. The number of aromatic nitrogens is 1.